The molecular weight excluding hydrogens is 335 g/mol. The van der Waals surface area contributed by atoms with Crippen LogP contribution in [0.3, 0.4) is 0 Å². The van der Waals surface area contributed by atoms with Crippen molar-refractivity contribution in [3.05, 3.63) is 34.1 Å². The van der Waals surface area contributed by atoms with Crippen LogP contribution >= 0.6 is 28.3 Å². The quantitative estimate of drug-likeness (QED) is 0.887. The first-order valence-electron chi connectivity index (χ1n) is 6.02. The van der Waals surface area contributed by atoms with Gasteiger partial charge < -0.3 is 10.2 Å². The minimum absolute atomic E-state index is 0. The van der Waals surface area contributed by atoms with Crippen molar-refractivity contribution in [1.82, 2.24) is 10.2 Å². The smallest absolute Gasteiger partial charge is 0.227 e. The van der Waals surface area contributed by atoms with E-state index in [1.165, 1.54) is 12.1 Å². The van der Waals surface area contributed by atoms with Gasteiger partial charge in [0.2, 0.25) is 5.91 Å². The van der Waals surface area contributed by atoms with Crippen LogP contribution in [0, 0.1) is 5.82 Å². The van der Waals surface area contributed by atoms with Crippen molar-refractivity contribution in [2.24, 2.45) is 0 Å². The summed E-state index contributed by atoms with van der Waals surface area (Å²) in [5, 5.41) is 3.25. The van der Waals surface area contributed by atoms with Gasteiger partial charge in [0.05, 0.1) is 6.42 Å². The number of benzene rings is 1. The number of nitrogens with zero attached hydrogens (tertiary/aromatic N) is 1. The summed E-state index contributed by atoms with van der Waals surface area (Å²) in [6, 6.07) is 4.65. The Hall–Kier alpha value is -0.650. The summed E-state index contributed by atoms with van der Waals surface area (Å²) in [6.07, 6.45) is 0.311. The average molecular weight is 352 g/mol. The Bertz CT molecular complexity index is 458. The lowest BCUT2D eigenvalue weighted by molar-refractivity contribution is -0.133. The number of carbonyl (C=O) groups excluding carboxylic acids is 1. The molecule has 1 atom stereocenters. The molecule has 0 aromatic heterocycles. The number of piperazine rings is 1. The maximum atomic E-state index is 13.0. The molecule has 1 heterocycles. The Morgan fingerprint density at radius 1 is 1.58 bits per heavy atom. The van der Waals surface area contributed by atoms with Crippen LogP contribution in [-0.4, -0.2) is 36.5 Å². The molecular formula is C13H17BrClFN2O. The van der Waals surface area contributed by atoms with E-state index in [0.29, 0.717) is 10.9 Å². The largest absolute Gasteiger partial charge is 0.337 e. The molecule has 1 amide bonds. The van der Waals surface area contributed by atoms with Gasteiger partial charge in [0.1, 0.15) is 5.82 Å². The Morgan fingerprint density at radius 2 is 2.32 bits per heavy atom. The van der Waals surface area contributed by atoms with E-state index >= 15 is 0 Å². The molecule has 0 saturated carbocycles. The molecule has 0 unspecified atom stereocenters. The molecule has 3 nitrogen and oxygen atoms in total. The molecule has 1 aromatic carbocycles. The summed E-state index contributed by atoms with van der Waals surface area (Å²) >= 11 is 3.29. The molecule has 0 bridgehead atoms. The first-order valence-corrected chi connectivity index (χ1v) is 6.81. The highest BCUT2D eigenvalue weighted by atomic mass is 79.9. The molecule has 0 aliphatic carbocycles. The van der Waals surface area contributed by atoms with E-state index in [-0.39, 0.29) is 30.2 Å². The van der Waals surface area contributed by atoms with Gasteiger partial charge in [-0.25, -0.2) is 4.39 Å². The number of nitrogens with one attached hydrogen (secondary N) is 1. The van der Waals surface area contributed by atoms with Crippen LogP contribution in [0.2, 0.25) is 0 Å². The van der Waals surface area contributed by atoms with E-state index in [9.17, 15) is 9.18 Å². The molecule has 1 saturated heterocycles. The summed E-state index contributed by atoms with van der Waals surface area (Å²) in [5.41, 5.74) is 0.826. The molecule has 19 heavy (non-hydrogen) atoms. The minimum atomic E-state index is -0.298. The number of rotatable bonds is 2. The van der Waals surface area contributed by atoms with Gasteiger partial charge >= 0.3 is 0 Å². The number of hydrogen-bond donors (Lipinski definition) is 1. The van der Waals surface area contributed by atoms with Gasteiger partial charge in [0, 0.05) is 30.1 Å². The van der Waals surface area contributed by atoms with Gasteiger partial charge in [0.15, 0.2) is 0 Å². The van der Waals surface area contributed by atoms with E-state index in [0.717, 1.165) is 25.2 Å². The highest BCUT2D eigenvalue weighted by Crippen LogP contribution is 2.19. The van der Waals surface area contributed by atoms with Gasteiger partial charge in [0.25, 0.3) is 0 Å². The molecule has 1 aliphatic rings. The predicted molar refractivity (Wildman–Crippen MR) is 79.1 cm³/mol. The second-order valence-electron chi connectivity index (χ2n) is 4.55. The molecule has 6 heteroatoms. The van der Waals surface area contributed by atoms with Gasteiger partial charge in [-0.15, -0.1) is 12.4 Å². The summed E-state index contributed by atoms with van der Waals surface area (Å²) in [6.45, 7) is 4.43. The molecule has 1 fully saturated rings. The van der Waals surface area contributed by atoms with Crippen molar-refractivity contribution in [2.45, 2.75) is 19.4 Å². The number of halogens is 3. The molecule has 1 aromatic rings. The second-order valence-corrected chi connectivity index (χ2v) is 5.41. The lowest BCUT2D eigenvalue weighted by Gasteiger charge is -2.34. The normalized spacial score (nSPS) is 18.9. The van der Waals surface area contributed by atoms with E-state index in [4.69, 9.17) is 0 Å². The number of hydrogen-bond acceptors (Lipinski definition) is 2. The van der Waals surface area contributed by atoms with Crippen molar-refractivity contribution in [2.75, 3.05) is 19.6 Å². The first kappa shape index (κ1) is 16.4. The first-order chi connectivity index (χ1) is 8.58. The lowest BCUT2D eigenvalue weighted by atomic mass is 10.1. The van der Waals surface area contributed by atoms with Crippen LogP contribution in [0.1, 0.15) is 12.5 Å². The fraction of sp³-hybridized carbons (Fsp3) is 0.462. The SMILES string of the molecule is C[C@@H]1CNCCN1C(=O)Cc1ccc(F)cc1Br.Cl. The topological polar surface area (TPSA) is 32.3 Å². The lowest BCUT2D eigenvalue weighted by Crippen LogP contribution is -2.52. The second kappa shape index (κ2) is 7.22. The zero-order valence-corrected chi connectivity index (χ0v) is 13.1. The van der Waals surface area contributed by atoms with E-state index < -0.39 is 0 Å². The van der Waals surface area contributed by atoms with Gasteiger partial charge in [-0.05, 0) is 24.6 Å². The monoisotopic (exact) mass is 350 g/mol. The van der Waals surface area contributed by atoms with Crippen LogP contribution in [0.25, 0.3) is 0 Å². The highest BCUT2D eigenvalue weighted by Gasteiger charge is 2.23. The third-order valence-electron chi connectivity index (χ3n) is 3.18. The third kappa shape index (κ3) is 4.16. The summed E-state index contributed by atoms with van der Waals surface area (Å²) < 4.78 is 13.6. The van der Waals surface area contributed by atoms with Gasteiger partial charge in [-0.1, -0.05) is 22.0 Å². The van der Waals surface area contributed by atoms with E-state index in [1.807, 2.05) is 11.8 Å². The Balaban J connectivity index is 0.00000180. The van der Waals surface area contributed by atoms with Crippen molar-refractivity contribution in [3.63, 3.8) is 0 Å². The van der Waals surface area contributed by atoms with Crippen LogP contribution in [0.5, 0.6) is 0 Å². The average Bonchev–Trinajstić information content (AvgIpc) is 2.33. The van der Waals surface area contributed by atoms with Gasteiger partial charge in [-0.2, -0.15) is 0 Å². The number of carbonyl (C=O) groups is 1. The molecule has 1 N–H and O–H groups in total. The predicted octanol–water partition coefficient (Wildman–Crippen LogP) is 2.37. The Kier molecular flexibility index (Phi) is 6.23. The molecule has 0 radical (unpaired) electrons. The fourth-order valence-corrected chi connectivity index (χ4v) is 2.63. The zero-order valence-electron chi connectivity index (χ0n) is 10.7. The minimum Gasteiger partial charge on any atom is -0.337 e. The molecule has 106 valence electrons. The van der Waals surface area contributed by atoms with Crippen molar-refractivity contribution < 1.29 is 9.18 Å². The number of amides is 1. The third-order valence-corrected chi connectivity index (χ3v) is 3.92. The van der Waals surface area contributed by atoms with Crippen molar-refractivity contribution in [1.29, 1.82) is 0 Å². The Labute approximate surface area is 127 Å². The fourth-order valence-electron chi connectivity index (χ4n) is 2.14. The highest BCUT2D eigenvalue weighted by molar-refractivity contribution is 9.10. The summed E-state index contributed by atoms with van der Waals surface area (Å²) in [4.78, 5) is 14.1. The summed E-state index contributed by atoms with van der Waals surface area (Å²) in [7, 11) is 0. The van der Waals surface area contributed by atoms with Crippen molar-refractivity contribution in [3.8, 4) is 0 Å². The van der Waals surface area contributed by atoms with Crippen LogP contribution in [0.15, 0.2) is 22.7 Å². The maximum Gasteiger partial charge on any atom is 0.227 e. The molecule has 0 spiro atoms. The molecule has 2 rings (SSSR count). The zero-order chi connectivity index (χ0) is 13.1. The van der Waals surface area contributed by atoms with Crippen LogP contribution in [0.4, 0.5) is 4.39 Å². The van der Waals surface area contributed by atoms with E-state index in [1.54, 1.807) is 6.07 Å². The Morgan fingerprint density at radius 3 is 2.95 bits per heavy atom. The van der Waals surface area contributed by atoms with Gasteiger partial charge in [-0.3, -0.25) is 4.79 Å². The van der Waals surface area contributed by atoms with E-state index in [2.05, 4.69) is 21.2 Å². The van der Waals surface area contributed by atoms with Crippen molar-refractivity contribution >= 4 is 34.2 Å². The summed E-state index contributed by atoms with van der Waals surface area (Å²) in [5.74, 6) is -0.204. The molecule has 1 aliphatic heterocycles. The standard InChI is InChI=1S/C13H16BrFN2O.ClH/c1-9-8-16-4-5-17(9)13(18)6-10-2-3-11(15)7-12(10)14;/h2-3,7,9,16H,4-6,8H2,1H3;1H/t9-;/m1./s1. The van der Waals surface area contributed by atoms with Crippen LogP contribution in [-0.2, 0) is 11.2 Å². The van der Waals surface area contributed by atoms with Crippen LogP contribution < -0.4 is 5.32 Å². The maximum absolute atomic E-state index is 13.0.